The van der Waals surface area contributed by atoms with Crippen LogP contribution in [0.3, 0.4) is 0 Å². The smallest absolute Gasteiger partial charge is 0.417 e. The van der Waals surface area contributed by atoms with E-state index < -0.39 is 71.6 Å². The first-order chi connectivity index (χ1) is 25.0. The van der Waals surface area contributed by atoms with Crippen LogP contribution in [-0.2, 0) is 23.8 Å². The number of hydrogen-bond acceptors (Lipinski definition) is 12. The number of esters is 1. The average molecular weight is 754 g/mol. The minimum Gasteiger partial charge on any atom is -0.490 e. The number of carbonyl (C=O) groups excluding carboxylic acids is 5. The van der Waals surface area contributed by atoms with Crippen molar-refractivity contribution in [1.82, 2.24) is 20.2 Å². The normalized spacial score (nSPS) is 16.3. The summed E-state index contributed by atoms with van der Waals surface area (Å²) in [5.41, 5.74) is -1.77. The Morgan fingerprint density at radius 2 is 1.41 bits per heavy atom. The molecule has 0 radical (unpaired) electrons. The zero-order chi connectivity index (χ0) is 40.2. The summed E-state index contributed by atoms with van der Waals surface area (Å²) in [5.74, 6) is -2.26. The van der Waals surface area contributed by atoms with Gasteiger partial charge < -0.3 is 29.4 Å². The van der Waals surface area contributed by atoms with Crippen molar-refractivity contribution < 1.29 is 57.7 Å². The molecule has 0 saturated carbocycles. The van der Waals surface area contributed by atoms with Crippen LogP contribution in [0.1, 0.15) is 94.6 Å². The lowest BCUT2D eigenvalue weighted by Crippen LogP contribution is -2.51. The monoisotopic (exact) mass is 753 g/mol. The number of nitrogens with one attached hydrogen (secondary N) is 1. The van der Waals surface area contributed by atoms with Crippen LogP contribution in [0.4, 0.5) is 14.4 Å². The van der Waals surface area contributed by atoms with Crippen molar-refractivity contribution >= 4 is 42.0 Å². The summed E-state index contributed by atoms with van der Waals surface area (Å²) in [5, 5.41) is 13.2. The van der Waals surface area contributed by atoms with E-state index in [0.29, 0.717) is 10.6 Å². The van der Waals surface area contributed by atoms with Gasteiger partial charge in [0.2, 0.25) is 12.1 Å². The number of alkyl carbamates (subject to hydrolysis) is 1. The second-order valence-electron chi connectivity index (χ2n) is 15.4. The molecule has 2 atom stereocenters. The highest BCUT2D eigenvalue weighted by Crippen LogP contribution is 2.29. The molecule has 2 N–H and O–H groups in total. The number of aliphatic imine (C=N–C) groups is 1. The number of ether oxygens (including phenoxy) is 4. The maximum atomic E-state index is 13.3. The van der Waals surface area contributed by atoms with E-state index in [2.05, 4.69) is 10.3 Å². The molecule has 54 heavy (non-hydrogen) atoms. The molecule has 17 heteroatoms. The van der Waals surface area contributed by atoms with E-state index in [4.69, 9.17) is 23.8 Å². The summed E-state index contributed by atoms with van der Waals surface area (Å²) in [7, 11) is 0. The quantitative estimate of drug-likeness (QED) is 0.184. The number of nitrogens with zero attached hydrogens (tertiary/aromatic N) is 4. The Labute approximate surface area is 313 Å². The Morgan fingerprint density at radius 1 is 0.852 bits per heavy atom. The standard InChI is InChI=1S/C37H47N5O12/c1-35(2,3)51-30(45)27(54-42-28(43)24-12-10-11-13-25(24)29(42)44)21-50-23-16-14-22(15-17-23)26-20-41(33(47)48)31(39-26)40(34(49)53-37(7,8)9)19-18-38-32(46)52-36(4,5)6/h10-17,26-27H,18-21H2,1-9H3,(H,38,46)(H,47,48)/t26-,27+/m1/s1. The van der Waals surface area contributed by atoms with Crippen molar-refractivity contribution in [2.45, 2.75) is 91.3 Å². The van der Waals surface area contributed by atoms with Crippen molar-refractivity contribution in [3.8, 4) is 5.75 Å². The average Bonchev–Trinajstić information content (AvgIpc) is 3.58. The molecular formula is C37H47N5O12. The van der Waals surface area contributed by atoms with Crippen molar-refractivity contribution in [1.29, 1.82) is 0 Å². The molecule has 4 rings (SSSR count). The first kappa shape index (κ1) is 41.1. The number of rotatable bonds is 10. The van der Waals surface area contributed by atoms with Gasteiger partial charge in [-0.2, -0.15) is 0 Å². The summed E-state index contributed by atoms with van der Waals surface area (Å²) < 4.78 is 22.1. The highest BCUT2D eigenvalue weighted by Gasteiger charge is 2.41. The molecule has 0 aromatic heterocycles. The molecule has 17 nitrogen and oxygen atoms in total. The van der Waals surface area contributed by atoms with E-state index in [9.17, 15) is 33.9 Å². The van der Waals surface area contributed by atoms with Crippen molar-refractivity contribution in [2.24, 2.45) is 4.99 Å². The van der Waals surface area contributed by atoms with Gasteiger partial charge in [-0.05, 0) is 92.1 Å². The van der Waals surface area contributed by atoms with Gasteiger partial charge in [0.05, 0.1) is 23.7 Å². The molecule has 2 aliphatic heterocycles. The number of guanidine groups is 1. The van der Waals surface area contributed by atoms with Crippen molar-refractivity contribution in [2.75, 3.05) is 26.2 Å². The van der Waals surface area contributed by atoms with Crippen LogP contribution in [0.2, 0.25) is 0 Å². The molecule has 0 spiro atoms. The van der Waals surface area contributed by atoms with Crippen molar-refractivity contribution in [3.05, 3.63) is 65.2 Å². The molecular weight excluding hydrogens is 706 g/mol. The molecule has 2 aromatic carbocycles. The number of carbonyl (C=O) groups is 6. The number of hydroxylamine groups is 2. The van der Waals surface area contributed by atoms with Crippen LogP contribution in [0, 0.1) is 0 Å². The van der Waals surface area contributed by atoms with Gasteiger partial charge in [0.1, 0.15) is 29.2 Å². The van der Waals surface area contributed by atoms with E-state index in [0.717, 1.165) is 9.80 Å². The second-order valence-corrected chi connectivity index (χ2v) is 15.4. The number of imide groups is 1. The molecule has 0 saturated heterocycles. The first-order valence-electron chi connectivity index (χ1n) is 17.2. The number of amides is 5. The van der Waals surface area contributed by atoms with Gasteiger partial charge in [-0.15, -0.1) is 5.06 Å². The summed E-state index contributed by atoms with van der Waals surface area (Å²) >= 11 is 0. The second kappa shape index (κ2) is 16.1. The topological polar surface area (TPSA) is 203 Å². The lowest BCUT2D eigenvalue weighted by Gasteiger charge is -2.29. The van der Waals surface area contributed by atoms with Crippen LogP contribution in [0.15, 0.2) is 53.5 Å². The molecule has 0 fully saturated rings. The van der Waals surface area contributed by atoms with Crippen LogP contribution in [0.25, 0.3) is 0 Å². The van der Waals surface area contributed by atoms with E-state index >= 15 is 0 Å². The van der Waals surface area contributed by atoms with Crippen LogP contribution < -0.4 is 10.1 Å². The van der Waals surface area contributed by atoms with Gasteiger partial charge in [0.25, 0.3) is 11.8 Å². The van der Waals surface area contributed by atoms with Gasteiger partial charge in [0, 0.05) is 13.1 Å². The van der Waals surface area contributed by atoms with E-state index in [1.54, 1.807) is 98.7 Å². The maximum Gasteiger partial charge on any atom is 0.417 e. The molecule has 0 unspecified atom stereocenters. The Kier molecular flexibility index (Phi) is 12.3. The Bertz CT molecular complexity index is 1750. The van der Waals surface area contributed by atoms with Crippen LogP contribution >= 0.6 is 0 Å². The number of benzene rings is 2. The van der Waals surface area contributed by atoms with Crippen LogP contribution in [-0.4, -0.2) is 111 Å². The SMILES string of the molecule is CC(C)(C)OC(=O)NCCN(C(=O)OC(C)(C)C)C1=N[C@@H](c2ccc(OC[C@H](ON3C(=O)c4ccccc4C3=O)C(=O)OC(C)(C)C)cc2)CN1C(=O)O. The maximum absolute atomic E-state index is 13.3. The minimum absolute atomic E-state index is 0.0989. The Hall–Kier alpha value is -5.71. The zero-order valence-corrected chi connectivity index (χ0v) is 31.8. The lowest BCUT2D eigenvalue weighted by molar-refractivity contribution is -0.193. The van der Waals surface area contributed by atoms with Gasteiger partial charge in [-0.3, -0.25) is 9.59 Å². The highest BCUT2D eigenvalue weighted by atomic mass is 16.7. The molecule has 2 heterocycles. The third-order valence-corrected chi connectivity index (χ3v) is 7.28. The van der Waals surface area contributed by atoms with Gasteiger partial charge in [-0.25, -0.2) is 38.8 Å². The molecule has 292 valence electrons. The number of carboxylic acid groups (broad SMARTS) is 1. The van der Waals surface area contributed by atoms with Gasteiger partial charge in [0.15, 0.2) is 0 Å². The van der Waals surface area contributed by atoms with Gasteiger partial charge in [-0.1, -0.05) is 24.3 Å². The predicted octanol–water partition coefficient (Wildman–Crippen LogP) is 5.16. The molecule has 2 aliphatic rings. The van der Waals surface area contributed by atoms with E-state index in [-0.39, 0.29) is 42.5 Å². The minimum atomic E-state index is -1.51. The third-order valence-electron chi connectivity index (χ3n) is 7.28. The summed E-state index contributed by atoms with van der Waals surface area (Å²) in [6, 6.07) is 11.8. The van der Waals surface area contributed by atoms with Crippen LogP contribution in [0.5, 0.6) is 5.75 Å². The molecule has 0 bridgehead atoms. The van der Waals surface area contributed by atoms with Crippen molar-refractivity contribution in [3.63, 3.8) is 0 Å². The zero-order valence-electron chi connectivity index (χ0n) is 31.8. The molecule has 0 aliphatic carbocycles. The summed E-state index contributed by atoms with van der Waals surface area (Å²) in [6.07, 6.45) is -4.47. The molecule has 2 aromatic rings. The van der Waals surface area contributed by atoms with E-state index in [1.165, 1.54) is 12.1 Å². The number of hydrogen-bond donors (Lipinski definition) is 2. The Balaban J connectivity index is 1.51. The number of fused-ring (bicyclic) bond motifs is 1. The highest BCUT2D eigenvalue weighted by molar-refractivity contribution is 6.20. The van der Waals surface area contributed by atoms with E-state index in [1.807, 2.05) is 0 Å². The lowest BCUT2D eigenvalue weighted by atomic mass is 10.1. The third kappa shape index (κ3) is 10.9. The Morgan fingerprint density at radius 3 is 1.93 bits per heavy atom. The fourth-order valence-electron chi connectivity index (χ4n) is 5.09. The largest absolute Gasteiger partial charge is 0.490 e. The first-order valence-corrected chi connectivity index (χ1v) is 17.2. The fraction of sp³-hybridized carbons (Fsp3) is 0.486. The molecule has 5 amide bonds. The van der Waals surface area contributed by atoms with Gasteiger partial charge >= 0.3 is 24.2 Å². The summed E-state index contributed by atoms with van der Waals surface area (Å²) in [4.78, 5) is 89.1. The fourth-order valence-corrected chi connectivity index (χ4v) is 5.09. The summed E-state index contributed by atoms with van der Waals surface area (Å²) in [6.45, 7) is 14.2. The predicted molar refractivity (Wildman–Crippen MR) is 192 cm³/mol.